The number of phenolic OH excluding ortho intramolecular Hbond substituents is 1. The minimum Gasteiger partial charge on any atom is -0.506 e. The van der Waals surface area contributed by atoms with E-state index in [-0.39, 0.29) is 54.6 Å². The zero-order valence-electron chi connectivity index (χ0n) is 47.3. The topological polar surface area (TPSA) is 144 Å². The fraction of sp³-hybridized carbons (Fsp3) is 0.136. The normalized spacial score (nSPS) is 11.8. The Morgan fingerprint density at radius 2 is 0.708 bits per heavy atom. The molecule has 14 aromatic rings. The van der Waals surface area contributed by atoms with E-state index in [1.165, 1.54) is 32.6 Å². The Hall–Kier alpha value is -9.99. The molecule has 0 aliphatic rings. The molecule has 0 saturated heterocycles. The number of ether oxygens (including phenoxy) is 2. The van der Waals surface area contributed by atoms with Gasteiger partial charge in [-0.1, -0.05) is 103 Å². The summed E-state index contributed by atoms with van der Waals surface area (Å²) < 4.78 is 128. The maximum Gasteiger partial charge on any atom is 0.416 e. The second kappa shape index (κ2) is 25.4. The van der Waals surface area contributed by atoms with Crippen molar-refractivity contribution in [1.82, 2.24) is 50.0 Å². The van der Waals surface area contributed by atoms with Crippen molar-refractivity contribution < 1.29 is 74.2 Å². The maximum absolute atomic E-state index is 12.9. The van der Waals surface area contributed by atoms with Crippen LogP contribution in [0.2, 0.25) is 0 Å². The van der Waals surface area contributed by atoms with E-state index in [4.69, 9.17) is 9.47 Å². The van der Waals surface area contributed by atoms with Gasteiger partial charge in [0.2, 0.25) is 0 Å². The van der Waals surface area contributed by atoms with Gasteiger partial charge in [0.05, 0.1) is 46.0 Å². The Balaban J connectivity index is 0.000000135. The Kier molecular flexibility index (Phi) is 17.7. The van der Waals surface area contributed by atoms with E-state index < -0.39 is 35.2 Å². The molecule has 1 radical (unpaired) electrons. The number of aromatic nitrogens is 10. The van der Waals surface area contributed by atoms with Crippen molar-refractivity contribution in [3.05, 3.63) is 223 Å². The smallest absolute Gasteiger partial charge is 0.416 e. The van der Waals surface area contributed by atoms with Crippen LogP contribution >= 0.6 is 0 Å². The van der Waals surface area contributed by atoms with Crippen molar-refractivity contribution in [3.63, 3.8) is 0 Å². The van der Waals surface area contributed by atoms with Crippen LogP contribution in [0.15, 0.2) is 206 Å². The first kappa shape index (κ1) is 62.1. The summed E-state index contributed by atoms with van der Waals surface area (Å²) in [6.45, 7) is 7.79. The van der Waals surface area contributed by atoms with Crippen LogP contribution in [0.4, 0.5) is 39.5 Å². The quantitative estimate of drug-likeness (QED) is 0.153. The Morgan fingerprint density at radius 3 is 1.12 bits per heavy atom. The molecule has 453 valence electrons. The summed E-state index contributed by atoms with van der Waals surface area (Å²) in [5.41, 5.74) is 2.34. The summed E-state index contributed by atoms with van der Waals surface area (Å²) in [6, 6.07) is 55.1. The van der Waals surface area contributed by atoms with Crippen molar-refractivity contribution in [3.8, 4) is 34.3 Å². The number of rotatable bonds is 7. The van der Waals surface area contributed by atoms with E-state index in [9.17, 15) is 44.6 Å². The van der Waals surface area contributed by atoms with Crippen LogP contribution in [0, 0.1) is 0 Å². The molecule has 14 rings (SSSR count). The Labute approximate surface area is 513 Å². The van der Waals surface area contributed by atoms with Gasteiger partial charge in [0.15, 0.2) is 0 Å². The minimum absolute atomic E-state index is 0. The third-order valence-electron chi connectivity index (χ3n) is 13.6. The van der Waals surface area contributed by atoms with Gasteiger partial charge in [0.1, 0.15) is 55.9 Å². The monoisotopic (exact) mass is 1390 g/mol. The molecule has 0 unspecified atom stereocenters. The number of alkyl halides is 9. The molecule has 23 heteroatoms. The van der Waals surface area contributed by atoms with Crippen LogP contribution in [-0.2, 0) is 38.6 Å². The number of pyridine rings is 1. The van der Waals surface area contributed by atoms with Crippen LogP contribution in [0.1, 0.15) is 44.4 Å². The summed E-state index contributed by atoms with van der Waals surface area (Å²) in [6.07, 6.45) is -11.5. The molecule has 0 bridgehead atoms. The van der Waals surface area contributed by atoms with Crippen LogP contribution < -0.4 is 9.47 Å². The van der Waals surface area contributed by atoms with Crippen LogP contribution in [-0.4, -0.2) is 67.3 Å². The molecule has 1 N–H and O–H groups in total. The van der Waals surface area contributed by atoms with Crippen molar-refractivity contribution in [2.45, 2.75) is 58.4 Å². The van der Waals surface area contributed by atoms with Gasteiger partial charge in [0, 0.05) is 58.6 Å². The molecule has 0 aliphatic heterocycles. The first-order valence-corrected chi connectivity index (χ1v) is 27.3. The second-order valence-electron chi connectivity index (χ2n) is 20.5. The maximum atomic E-state index is 12.9. The summed E-state index contributed by atoms with van der Waals surface area (Å²) in [7, 11) is 0. The first-order chi connectivity index (χ1) is 42.0. The number of nitrogens with zero attached hydrogens (tertiary/aromatic N) is 10. The van der Waals surface area contributed by atoms with Gasteiger partial charge in [-0.2, -0.15) is 39.5 Å². The molecule has 13 nitrogen and oxygen atoms in total. The molecule has 0 amide bonds. The number of phenols is 1. The zero-order valence-corrected chi connectivity index (χ0v) is 49.7. The molecule has 0 saturated carbocycles. The number of fused-ring (bicyclic) bond motifs is 7. The third-order valence-corrected chi connectivity index (χ3v) is 13.6. The summed E-state index contributed by atoms with van der Waals surface area (Å²) >= 11 is 0. The molecule has 0 aliphatic carbocycles. The number of para-hydroxylation sites is 1. The molecule has 0 spiro atoms. The van der Waals surface area contributed by atoms with E-state index >= 15 is 0 Å². The average Bonchev–Trinajstić information content (AvgIpc) is 1.83. The van der Waals surface area contributed by atoms with Crippen LogP contribution in [0.5, 0.6) is 17.2 Å². The van der Waals surface area contributed by atoms with E-state index in [2.05, 4.69) is 35.6 Å². The van der Waals surface area contributed by atoms with Gasteiger partial charge in [0.25, 0.3) is 0 Å². The molecular weight excluding hydrogens is 1340 g/mol. The van der Waals surface area contributed by atoms with Gasteiger partial charge >= 0.3 is 18.5 Å². The summed E-state index contributed by atoms with van der Waals surface area (Å²) in [5.74, 6) is 1.71. The molecular formula is C66H49F9IrN10O3. The fourth-order valence-corrected chi connectivity index (χ4v) is 9.64. The summed E-state index contributed by atoms with van der Waals surface area (Å²) in [4.78, 5) is 8.15. The fourth-order valence-electron chi connectivity index (χ4n) is 9.64. The van der Waals surface area contributed by atoms with Crippen molar-refractivity contribution >= 4 is 76.3 Å². The largest absolute Gasteiger partial charge is 0.506 e. The van der Waals surface area contributed by atoms with Gasteiger partial charge in [-0.25, -0.2) is 0 Å². The van der Waals surface area contributed by atoms with Gasteiger partial charge < -0.3 is 14.6 Å². The minimum atomic E-state index is -4.42. The number of hydrogen-bond acceptors (Lipinski definition) is 10. The molecule has 4 aromatic heterocycles. The van der Waals surface area contributed by atoms with Gasteiger partial charge in [-0.15, -0.1) is 45.0 Å². The van der Waals surface area contributed by atoms with Crippen LogP contribution in [0.25, 0.3) is 93.4 Å². The summed E-state index contributed by atoms with van der Waals surface area (Å²) in [5, 5.41) is 41.4. The van der Waals surface area contributed by atoms with E-state index in [0.717, 1.165) is 91.3 Å². The first-order valence-electron chi connectivity index (χ1n) is 27.3. The standard InChI is InChI=1S/2C20H16F3N3O.C17H10F3N3.C9H7NO.Ir/c2*1-12(2)27-19-10-9-18(14-5-3-4-6-15(14)19)26-24-16-8-7-13(20(21,22)23)11-17(16)25-26;18-17(19,20)12-8-9-14-15(10-12)22-23(21-14)16-7-3-5-11-4-1-2-6-13(11)16;11-8-5-1-3-7-4-2-6-10-9(7)8;/h2*3-12H,1-2H3;1-10H;1-6,11H;. The molecule has 4 heterocycles. The number of aromatic hydroxyl groups is 1. The molecule has 0 atom stereocenters. The van der Waals surface area contributed by atoms with E-state index in [1.807, 2.05) is 161 Å². The Bertz CT molecular complexity index is 4660. The predicted octanol–water partition coefficient (Wildman–Crippen LogP) is 17.3. The molecule has 89 heavy (non-hydrogen) atoms. The van der Waals surface area contributed by atoms with Gasteiger partial charge in [-0.3, -0.25) is 4.98 Å². The molecule has 10 aromatic carbocycles. The number of benzene rings is 10. The predicted molar refractivity (Wildman–Crippen MR) is 319 cm³/mol. The van der Waals surface area contributed by atoms with E-state index in [0.29, 0.717) is 33.4 Å². The average molecular weight is 1390 g/mol. The second-order valence-corrected chi connectivity index (χ2v) is 20.5. The number of hydrogen-bond donors (Lipinski definition) is 1. The van der Waals surface area contributed by atoms with Crippen LogP contribution in [0.3, 0.4) is 0 Å². The zero-order chi connectivity index (χ0) is 62.1. The molecule has 0 fully saturated rings. The van der Waals surface area contributed by atoms with E-state index in [1.54, 1.807) is 18.3 Å². The third kappa shape index (κ3) is 13.8. The van der Waals surface area contributed by atoms with Crippen molar-refractivity contribution in [1.29, 1.82) is 0 Å². The van der Waals surface area contributed by atoms with Crippen molar-refractivity contribution in [2.75, 3.05) is 0 Å². The SMILES string of the molecule is CC(C)Oc1ccc(-n2nc3ccc(C(F)(F)F)cc3n2)c2ccccc12.CC(C)Oc1ccc(-n2nc3ccc(C(F)(F)F)cc3n2)c2ccccc12.FC(F)(F)c1ccc2nn(-c3cccc4ccccc34)nc2c1.Oc1cccc2cccnc12.[Ir]. The van der Waals surface area contributed by atoms with Crippen molar-refractivity contribution in [2.24, 2.45) is 0 Å². The van der Waals surface area contributed by atoms with Gasteiger partial charge in [-0.05, 0) is 130 Å². The number of halogens is 9. The Morgan fingerprint density at radius 1 is 0.360 bits per heavy atom.